The summed E-state index contributed by atoms with van der Waals surface area (Å²) in [4.78, 5) is 23.4. The van der Waals surface area contributed by atoms with E-state index in [1.807, 2.05) is 6.92 Å². The normalized spacial score (nSPS) is 10.7. The molecule has 11 nitrogen and oxygen atoms in total. The van der Waals surface area contributed by atoms with Crippen LogP contribution >= 0.6 is 11.6 Å². The number of nitrogens with one attached hydrogen (secondary N) is 2. The lowest BCUT2D eigenvalue weighted by Gasteiger charge is -2.10. The molecule has 0 radical (unpaired) electrons. The largest absolute Gasteiger partial charge is 0.463 e. The summed E-state index contributed by atoms with van der Waals surface area (Å²) in [6, 6.07) is 5.83. The number of halogens is 1. The number of unbranched alkanes of at least 4 members (excludes halogenated alkanes) is 1. The first kappa shape index (κ1) is 22.1. The molecular weight excluding hydrogens is 424 g/mol. The number of amides is 2. The van der Waals surface area contributed by atoms with Crippen molar-refractivity contribution in [2.45, 2.75) is 24.7 Å². The number of hydrogen-bond acceptors (Lipinski definition) is 9. The summed E-state index contributed by atoms with van der Waals surface area (Å²) in [5.41, 5.74) is 0. The van der Waals surface area contributed by atoms with Crippen LogP contribution in [-0.2, 0) is 10.0 Å². The van der Waals surface area contributed by atoms with Crippen LogP contribution in [-0.4, -0.2) is 42.6 Å². The fourth-order valence-electron chi connectivity index (χ4n) is 1.89. The Bertz CT molecular complexity index is 1010. The predicted molar refractivity (Wildman–Crippen MR) is 102 cm³/mol. The highest BCUT2D eigenvalue weighted by Crippen LogP contribution is 2.20. The summed E-state index contributed by atoms with van der Waals surface area (Å²) < 4.78 is 36.8. The standard InChI is InChI=1S/C16H17ClN6O5S/c1-2-3-9-27-15-20-13(21-16(22-15)28-10-8-18)19-14(24)23-29(25,26)12-7-5-4-6-11(12)17/h4-7H,2-3,9-10H2,1H3,(H2,19,20,21,22,23,24). The van der Waals surface area contributed by atoms with Crippen molar-refractivity contribution in [2.75, 3.05) is 18.5 Å². The van der Waals surface area contributed by atoms with Gasteiger partial charge >= 0.3 is 18.1 Å². The minimum absolute atomic E-state index is 0.0493. The van der Waals surface area contributed by atoms with Gasteiger partial charge in [0.25, 0.3) is 10.0 Å². The molecule has 0 aliphatic heterocycles. The molecule has 1 aromatic carbocycles. The number of carbonyl (C=O) groups is 1. The van der Waals surface area contributed by atoms with E-state index in [1.165, 1.54) is 18.2 Å². The van der Waals surface area contributed by atoms with E-state index < -0.39 is 16.1 Å². The van der Waals surface area contributed by atoms with Crippen LogP contribution in [0.2, 0.25) is 5.02 Å². The second-order valence-corrected chi connectivity index (χ2v) is 7.42. The lowest BCUT2D eigenvalue weighted by atomic mass is 10.4. The first-order valence-electron chi connectivity index (χ1n) is 8.32. The first-order valence-corrected chi connectivity index (χ1v) is 10.2. The highest BCUT2D eigenvalue weighted by molar-refractivity contribution is 7.90. The minimum atomic E-state index is -4.23. The highest BCUT2D eigenvalue weighted by Gasteiger charge is 2.21. The molecule has 0 saturated carbocycles. The van der Waals surface area contributed by atoms with Crippen molar-refractivity contribution in [3.05, 3.63) is 29.3 Å². The van der Waals surface area contributed by atoms with Crippen molar-refractivity contribution in [3.63, 3.8) is 0 Å². The first-order chi connectivity index (χ1) is 13.9. The Balaban J connectivity index is 2.16. The van der Waals surface area contributed by atoms with Crippen LogP contribution in [0.1, 0.15) is 19.8 Å². The number of nitriles is 1. The molecule has 2 rings (SSSR count). The van der Waals surface area contributed by atoms with Crippen LogP contribution in [0.5, 0.6) is 12.0 Å². The zero-order valence-corrected chi connectivity index (χ0v) is 16.8. The van der Waals surface area contributed by atoms with Crippen molar-refractivity contribution in [2.24, 2.45) is 0 Å². The molecule has 0 bridgehead atoms. The number of hydrogen-bond donors (Lipinski definition) is 2. The lowest BCUT2D eigenvalue weighted by molar-refractivity contribution is 0.256. The maximum absolute atomic E-state index is 12.3. The third-order valence-electron chi connectivity index (χ3n) is 3.17. The van der Waals surface area contributed by atoms with E-state index in [0.717, 1.165) is 12.8 Å². The molecule has 2 N–H and O–H groups in total. The van der Waals surface area contributed by atoms with E-state index in [4.69, 9.17) is 26.3 Å². The quantitative estimate of drug-likeness (QED) is 0.557. The van der Waals surface area contributed by atoms with Crippen LogP contribution in [0.15, 0.2) is 29.2 Å². The van der Waals surface area contributed by atoms with Crippen molar-refractivity contribution in [1.29, 1.82) is 5.26 Å². The number of ether oxygens (including phenoxy) is 2. The van der Waals surface area contributed by atoms with E-state index in [2.05, 4.69) is 20.3 Å². The van der Waals surface area contributed by atoms with Crippen molar-refractivity contribution in [1.82, 2.24) is 19.7 Å². The lowest BCUT2D eigenvalue weighted by Crippen LogP contribution is -2.35. The van der Waals surface area contributed by atoms with E-state index >= 15 is 0 Å². The van der Waals surface area contributed by atoms with Gasteiger partial charge in [0.2, 0.25) is 5.95 Å². The van der Waals surface area contributed by atoms with Gasteiger partial charge in [-0.25, -0.2) is 17.9 Å². The van der Waals surface area contributed by atoms with E-state index in [9.17, 15) is 13.2 Å². The van der Waals surface area contributed by atoms with Gasteiger partial charge in [0, 0.05) is 0 Å². The molecule has 2 aromatic rings. The smallest absolute Gasteiger partial charge is 0.335 e. The zero-order chi connectivity index (χ0) is 21.3. The van der Waals surface area contributed by atoms with Gasteiger partial charge in [-0.05, 0) is 18.6 Å². The Hall–Kier alpha value is -3.17. The Labute approximate surface area is 172 Å². The summed E-state index contributed by atoms with van der Waals surface area (Å²) in [7, 11) is -4.23. The van der Waals surface area contributed by atoms with Gasteiger partial charge in [-0.15, -0.1) is 4.98 Å². The molecule has 29 heavy (non-hydrogen) atoms. The van der Waals surface area contributed by atoms with Crippen molar-refractivity contribution < 1.29 is 22.7 Å². The second-order valence-electron chi connectivity index (χ2n) is 5.36. The number of anilines is 1. The minimum Gasteiger partial charge on any atom is -0.463 e. The van der Waals surface area contributed by atoms with Crippen LogP contribution in [0.3, 0.4) is 0 Å². The van der Waals surface area contributed by atoms with Crippen molar-refractivity contribution in [3.8, 4) is 18.1 Å². The molecular formula is C16H17ClN6O5S. The van der Waals surface area contributed by atoms with Gasteiger partial charge in [-0.2, -0.15) is 15.2 Å². The Morgan fingerprint density at radius 3 is 2.55 bits per heavy atom. The fourth-order valence-corrected chi connectivity index (χ4v) is 3.32. The average Bonchev–Trinajstić information content (AvgIpc) is 2.66. The Morgan fingerprint density at radius 2 is 1.90 bits per heavy atom. The Kier molecular flexibility index (Phi) is 7.93. The SMILES string of the molecule is CCCCOc1nc(NC(=O)NS(=O)(=O)c2ccccc2Cl)nc(OCC#N)n1. The van der Waals surface area contributed by atoms with Crippen LogP contribution < -0.4 is 19.5 Å². The van der Waals surface area contributed by atoms with E-state index in [-0.39, 0.29) is 34.5 Å². The topological polar surface area (TPSA) is 156 Å². The summed E-state index contributed by atoms with van der Waals surface area (Å²) >= 11 is 5.86. The van der Waals surface area contributed by atoms with Gasteiger partial charge in [-0.1, -0.05) is 37.1 Å². The number of benzene rings is 1. The van der Waals surface area contributed by atoms with Gasteiger partial charge < -0.3 is 9.47 Å². The molecule has 0 saturated heterocycles. The van der Waals surface area contributed by atoms with Gasteiger partial charge in [0.15, 0.2) is 6.61 Å². The average molecular weight is 441 g/mol. The predicted octanol–water partition coefficient (Wildman–Crippen LogP) is 2.12. The maximum Gasteiger partial charge on any atom is 0.335 e. The second kappa shape index (κ2) is 10.4. The molecule has 13 heteroatoms. The Morgan fingerprint density at radius 1 is 1.21 bits per heavy atom. The number of urea groups is 1. The molecule has 0 aliphatic carbocycles. The van der Waals surface area contributed by atoms with Crippen LogP contribution in [0.4, 0.5) is 10.7 Å². The molecule has 1 heterocycles. The molecule has 0 aliphatic rings. The highest BCUT2D eigenvalue weighted by atomic mass is 35.5. The van der Waals surface area contributed by atoms with E-state index in [1.54, 1.807) is 16.9 Å². The van der Waals surface area contributed by atoms with Crippen LogP contribution in [0, 0.1) is 11.3 Å². The molecule has 2 amide bonds. The number of sulfonamides is 1. The molecule has 154 valence electrons. The molecule has 0 spiro atoms. The van der Waals surface area contributed by atoms with Gasteiger partial charge in [0.05, 0.1) is 11.6 Å². The summed E-state index contributed by atoms with van der Waals surface area (Å²) in [5, 5.41) is 10.7. The molecule has 0 fully saturated rings. The van der Waals surface area contributed by atoms with Crippen LogP contribution in [0.25, 0.3) is 0 Å². The van der Waals surface area contributed by atoms with Gasteiger partial charge in [-0.3, -0.25) is 5.32 Å². The van der Waals surface area contributed by atoms with E-state index in [0.29, 0.717) is 6.61 Å². The summed E-state index contributed by atoms with van der Waals surface area (Å²) in [6.07, 6.45) is 1.61. The van der Waals surface area contributed by atoms with Gasteiger partial charge in [0.1, 0.15) is 11.0 Å². The number of nitrogens with zero attached hydrogens (tertiary/aromatic N) is 4. The monoisotopic (exact) mass is 440 g/mol. The third kappa shape index (κ3) is 6.74. The number of carbonyl (C=O) groups excluding carboxylic acids is 1. The maximum atomic E-state index is 12.3. The molecule has 1 aromatic heterocycles. The fraction of sp³-hybridized carbons (Fsp3) is 0.312. The zero-order valence-electron chi connectivity index (χ0n) is 15.3. The van der Waals surface area contributed by atoms with Crippen molar-refractivity contribution >= 4 is 33.6 Å². The third-order valence-corrected chi connectivity index (χ3v) is 5.00. The molecule has 0 atom stereocenters. The summed E-state index contributed by atoms with van der Waals surface area (Å²) in [5.74, 6) is -0.328. The summed E-state index contributed by atoms with van der Waals surface area (Å²) in [6.45, 7) is 1.94. The number of rotatable bonds is 9. The molecule has 0 unspecified atom stereocenters. The number of aromatic nitrogens is 3.